The second-order valence-electron chi connectivity index (χ2n) is 7.89. The predicted molar refractivity (Wildman–Crippen MR) is 133 cm³/mol. The Labute approximate surface area is 192 Å². The minimum absolute atomic E-state index is 0.0378. The molecule has 2 aliphatic rings. The number of para-hydroxylation sites is 1. The van der Waals surface area contributed by atoms with E-state index >= 15 is 0 Å². The maximum atomic E-state index is 12.9. The Hall–Kier alpha value is -2.66. The number of hydrogen-bond donors (Lipinski definition) is 0. The second kappa shape index (κ2) is 11.3. The topological polar surface area (TPSA) is 47.4 Å². The van der Waals surface area contributed by atoms with Gasteiger partial charge in [0.25, 0.3) is 5.56 Å². The van der Waals surface area contributed by atoms with Gasteiger partial charge in [0.15, 0.2) is 0 Å². The summed E-state index contributed by atoms with van der Waals surface area (Å²) in [6.45, 7) is 12.2. The Morgan fingerprint density at radius 2 is 1.50 bits per heavy atom. The fraction of sp³-hybridized carbons (Fsp3) is 0.481. The van der Waals surface area contributed by atoms with Gasteiger partial charge in [0.2, 0.25) is 0 Å². The van der Waals surface area contributed by atoms with E-state index in [9.17, 15) is 4.79 Å². The van der Waals surface area contributed by atoms with Crippen molar-refractivity contribution in [2.45, 2.75) is 72.4 Å². The Kier molecular flexibility index (Phi) is 8.46. The molecule has 172 valence electrons. The number of rotatable bonds is 4. The number of benzene rings is 2. The highest BCUT2D eigenvalue weighted by atomic mass is 16.5. The molecule has 2 heterocycles. The van der Waals surface area contributed by atoms with Crippen molar-refractivity contribution in [1.82, 2.24) is 14.5 Å². The van der Waals surface area contributed by atoms with Crippen LogP contribution >= 0.6 is 0 Å². The highest BCUT2D eigenvalue weighted by Gasteiger charge is 2.32. The van der Waals surface area contributed by atoms with Crippen molar-refractivity contribution in [2.24, 2.45) is 0 Å². The van der Waals surface area contributed by atoms with Crippen molar-refractivity contribution in [1.29, 1.82) is 0 Å². The summed E-state index contributed by atoms with van der Waals surface area (Å²) in [5, 5.41) is 0.635. The van der Waals surface area contributed by atoms with Crippen LogP contribution in [0.3, 0.4) is 0 Å². The molecular formula is C27H37N3O2. The van der Waals surface area contributed by atoms with Gasteiger partial charge in [-0.15, -0.1) is 0 Å². The lowest BCUT2D eigenvalue weighted by Crippen LogP contribution is -2.39. The lowest BCUT2D eigenvalue weighted by Gasteiger charge is -2.32. The third-order valence-electron chi connectivity index (χ3n) is 5.88. The summed E-state index contributed by atoms with van der Waals surface area (Å²) in [4.78, 5) is 20.1. The summed E-state index contributed by atoms with van der Waals surface area (Å²) in [6.07, 6.45) is 5.20. The molecule has 5 heteroatoms. The summed E-state index contributed by atoms with van der Waals surface area (Å²) in [5.74, 6) is 1.55. The van der Waals surface area contributed by atoms with E-state index in [2.05, 4.69) is 9.88 Å². The van der Waals surface area contributed by atoms with Gasteiger partial charge < -0.3 is 9.64 Å². The Morgan fingerprint density at radius 3 is 2.12 bits per heavy atom. The zero-order chi connectivity index (χ0) is 23.1. The number of fused-ring (bicyclic) bond motifs is 1. The minimum Gasteiger partial charge on any atom is -0.490 e. The first kappa shape index (κ1) is 24.0. The molecule has 5 nitrogen and oxygen atoms in total. The smallest absolute Gasteiger partial charge is 0.265 e. The van der Waals surface area contributed by atoms with Crippen LogP contribution in [0, 0.1) is 6.92 Å². The largest absolute Gasteiger partial charge is 0.490 e. The molecule has 3 aromatic rings. The summed E-state index contributed by atoms with van der Waals surface area (Å²) >= 11 is 0. The molecule has 1 aliphatic heterocycles. The summed E-state index contributed by atoms with van der Waals surface area (Å²) in [5.41, 5.74) is 1.51. The molecule has 0 bridgehead atoms. The SMILES string of the molecule is CC.CC.Cc1nc2ccccc2c(=O)n1-c1ccc(OC2CCN(C3CC3)CC2)cc1. The Morgan fingerprint density at radius 1 is 0.875 bits per heavy atom. The molecule has 1 aliphatic carbocycles. The molecule has 1 aromatic heterocycles. The maximum Gasteiger partial charge on any atom is 0.265 e. The van der Waals surface area contributed by atoms with Crippen molar-refractivity contribution >= 4 is 10.9 Å². The van der Waals surface area contributed by atoms with Gasteiger partial charge in [0.1, 0.15) is 17.7 Å². The second-order valence-corrected chi connectivity index (χ2v) is 7.89. The number of nitrogens with zero attached hydrogens (tertiary/aromatic N) is 3. The van der Waals surface area contributed by atoms with E-state index < -0.39 is 0 Å². The molecule has 1 saturated heterocycles. The van der Waals surface area contributed by atoms with Crippen LogP contribution in [0.15, 0.2) is 53.3 Å². The monoisotopic (exact) mass is 435 g/mol. The van der Waals surface area contributed by atoms with Gasteiger partial charge in [-0.25, -0.2) is 4.98 Å². The first-order chi connectivity index (χ1) is 15.7. The first-order valence-electron chi connectivity index (χ1n) is 12.2. The summed E-state index contributed by atoms with van der Waals surface area (Å²) in [6, 6.07) is 16.1. The van der Waals surface area contributed by atoms with Crippen molar-refractivity contribution in [3.8, 4) is 11.4 Å². The Balaban J connectivity index is 0.000000686. The van der Waals surface area contributed by atoms with Crippen LogP contribution in [0.5, 0.6) is 5.75 Å². The van der Waals surface area contributed by atoms with Crippen molar-refractivity contribution in [3.63, 3.8) is 0 Å². The number of piperidine rings is 1. The number of aromatic nitrogens is 2. The van der Waals surface area contributed by atoms with Crippen LogP contribution in [0.25, 0.3) is 16.6 Å². The van der Waals surface area contributed by atoms with E-state index in [4.69, 9.17) is 4.74 Å². The molecule has 0 atom stereocenters. The zero-order valence-electron chi connectivity index (χ0n) is 20.2. The van der Waals surface area contributed by atoms with Gasteiger partial charge >= 0.3 is 0 Å². The van der Waals surface area contributed by atoms with Gasteiger partial charge in [-0.2, -0.15) is 0 Å². The molecule has 32 heavy (non-hydrogen) atoms. The van der Waals surface area contributed by atoms with Crippen LogP contribution in [0.4, 0.5) is 0 Å². The average Bonchev–Trinajstić information content (AvgIpc) is 3.69. The van der Waals surface area contributed by atoms with E-state index in [0.29, 0.717) is 11.2 Å². The van der Waals surface area contributed by atoms with E-state index in [0.717, 1.165) is 48.9 Å². The van der Waals surface area contributed by atoms with Gasteiger partial charge in [0, 0.05) is 19.1 Å². The molecule has 0 N–H and O–H groups in total. The predicted octanol–water partition coefficient (Wildman–Crippen LogP) is 5.75. The zero-order valence-corrected chi connectivity index (χ0v) is 20.2. The Bertz CT molecular complexity index is 1050. The van der Waals surface area contributed by atoms with Crippen LogP contribution in [-0.2, 0) is 0 Å². The van der Waals surface area contributed by atoms with Gasteiger partial charge in [-0.05, 0) is 69.0 Å². The summed E-state index contributed by atoms with van der Waals surface area (Å²) in [7, 11) is 0. The van der Waals surface area contributed by atoms with Gasteiger partial charge in [-0.1, -0.05) is 39.8 Å². The molecule has 0 unspecified atom stereocenters. The minimum atomic E-state index is -0.0378. The molecular weight excluding hydrogens is 398 g/mol. The third-order valence-corrected chi connectivity index (χ3v) is 5.88. The molecule has 2 aromatic carbocycles. The van der Waals surface area contributed by atoms with Crippen LogP contribution in [-0.4, -0.2) is 39.7 Å². The van der Waals surface area contributed by atoms with Crippen molar-refractivity contribution in [3.05, 3.63) is 64.7 Å². The fourth-order valence-electron chi connectivity index (χ4n) is 4.21. The highest BCUT2D eigenvalue weighted by molar-refractivity contribution is 5.77. The van der Waals surface area contributed by atoms with Gasteiger partial charge in [-0.3, -0.25) is 9.36 Å². The lowest BCUT2D eigenvalue weighted by molar-refractivity contribution is 0.0965. The normalized spacial score (nSPS) is 16.5. The molecule has 1 saturated carbocycles. The van der Waals surface area contributed by atoms with Crippen molar-refractivity contribution < 1.29 is 4.74 Å². The molecule has 2 fully saturated rings. The standard InChI is InChI=1S/C23H25N3O2.2C2H6/c1-16-24-22-5-3-2-4-21(22)23(27)26(16)18-8-10-19(11-9-18)28-20-12-14-25(15-13-20)17-6-7-17;2*1-2/h2-5,8-11,17,20H,6-7,12-15H2,1H3;2*1-2H3. The molecule has 5 rings (SSSR count). The molecule has 0 amide bonds. The number of ether oxygens (including phenoxy) is 1. The fourth-order valence-corrected chi connectivity index (χ4v) is 4.21. The quantitative estimate of drug-likeness (QED) is 0.523. The van der Waals surface area contributed by atoms with Crippen LogP contribution in [0.1, 0.15) is 59.2 Å². The molecule has 0 radical (unpaired) electrons. The third kappa shape index (κ3) is 5.39. The van der Waals surface area contributed by atoms with Crippen molar-refractivity contribution in [2.75, 3.05) is 13.1 Å². The lowest BCUT2D eigenvalue weighted by atomic mass is 10.1. The van der Waals surface area contributed by atoms with Crippen LogP contribution in [0.2, 0.25) is 0 Å². The van der Waals surface area contributed by atoms with Crippen LogP contribution < -0.4 is 10.3 Å². The number of aryl methyl sites for hydroxylation is 1. The summed E-state index contributed by atoms with van der Waals surface area (Å²) < 4.78 is 7.86. The van der Waals surface area contributed by atoms with Gasteiger partial charge in [0.05, 0.1) is 16.6 Å². The number of hydrogen-bond acceptors (Lipinski definition) is 4. The first-order valence-corrected chi connectivity index (χ1v) is 12.2. The van der Waals surface area contributed by atoms with E-state index in [1.54, 1.807) is 4.57 Å². The van der Waals surface area contributed by atoms with E-state index in [-0.39, 0.29) is 11.7 Å². The van der Waals surface area contributed by atoms with E-state index in [1.165, 1.54) is 12.8 Å². The average molecular weight is 436 g/mol. The molecule has 0 spiro atoms. The number of likely N-dealkylation sites (tertiary alicyclic amines) is 1. The maximum absolute atomic E-state index is 12.9. The van der Waals surface area contributed by atoms with E-state index in [1.807, 2.05) is 83.1 Å². The highest BCUT2D eigenvalue weighted by Crippen LogP contribution is 2.30.